The highest BCUT2D eigenvalue weighted by Crippen LogP contribution is 2.48. The monoisotopic (exact) mass is 418 g/mol. The van der Waals surface area contributed by atoms with Crippen LogP contribution in [0, 0.1) is 0 Å². The van der Waals surface area contributed by atoms with E-state index in [9.17, 15) is 15.0 Å². The lowest BCUT2D eigenvalue weighted by molar-refractivity contribution is -0.129. The van der Waals surface area contributed by atoms with E-state index in [-0.39, 0.29) is 11.7 Å². The number of carbonyl (C=O) groups excluding carboxylic acids is 1. The molecule has 0 spiro atoms. The van der Waals surface area contributed by atoms with E-state index in [1.54, 1.807) is 23.1 Å². The summed E-state index contributed by atoms with van der Waals surface area (Å²) in [6.45, 7) is 8.37. The van der Waals surface area contributed by atoms with Gasteiger partial charge in [-0.25, -0.2) is 0 Å². The van der Waals surface area contributed by atoms with Crippen molar-refractivity contribution in [3.05, 3.63) is 29.3 Å². The third kappa shape index (κ3) is 4.05. The Kier molecular flexibility index (Phi) is 6.02. The average molecular weight is 418 g/mol. The van der Waals surface area contributed by atoms with Crippen molar-refractivity contribution in [1.29, 1.82) is 0 Å². The third-order valence-electron chi connectivity index (χ3n) is 6.06. The van der Waals surface area contributed by atoms with E-state index in [2.05, 4.69) is 4.90 Å². The van der Waals surface area contributed by atoms with Crippen LogP contribution in [0.4, 0.5) is 0 Å². The van der Waals surface area contributed by atoms with E-state index in [0.29, 0.717) is 69.5 Å². The van der Waals surface area contributed by atoms with Gasteiger partial charge in [0.15, 0.2) is 0 Å². The number of hydrogen-bond donors (Lipinski definition) is 2. The number of carbonyl (C=O) groups is 1. The molecule has 8 heteroatoms. The van der Waals surface area contributed by atoms with Crippen LogP contribution < -0.4 is 4.74 Å². The summed E-state index contributed by atoms with van der Waals surface area (Å²) in [6, 6.07) is 3.12. The van der Waals surface area contributed by atoms with Crippen molar-refractivity contribution in [2.24, 2.45) is 0 Å². The van der Waals surface area contributed by atoms with Crippen LogP contribution in [0.25, 0.3) is 6.08 Å². The molecule has 0 saturated carbocycles. The second-order valence-corrected chi connectivity index (χ2v) is 8.43. The van der Waals surface area contributed by atoms with E-state index in [1.165, 1.54) is 6.08 Å². The van der Waals surface area contributed by atoms with Crippen molar-refractivity contribution < 1.29 is 29.2 Å². The fraction of sp³-hybridized carbons (Fsp3) is 0.591. The lowest BCUT2D eigenvalue weighted by atomic mass is 9.84. The molecule has 1 amide bonds. The number of aliphatic hydroxyl groups is 1. The number of morpholine rings is 2. The Labute approximate surface area is 176 Å². The molecular formula is C22H30N2O6. The second kappa shape index (κ2) is 8.55. The molecule has 0 unspecified atom stereocenters. The molecular weight excluding hydrogens is 388 g/mol. The largest absolute Gasteiger partial charge is 0.507 e. The van der Waals surface area contributed by atoms with Crippen LogP contribution in [-0.4, -0.2) is 90.2 Å². The molecule has 3 aliphatic heterocycles. The van der Waals surface area contributed by atoms with E-state index in [4.69, 9.17) is 14.2 Å². The molecule has 2 saturated heterocycles. The van der Waals surface area contributed by atoms with Gasteiger partial charge in [0.1, 0.15) is 23.2 Å². The predicted octanol–water partition coefficient (Wildman–Crippen LogP) is 1.17. The highest BCUT2D eigenvalue weighted by molar-refractivity contribution is 5.92. The highest BCUT2D eigenvalue weighted by atomic mass is 16.5. The minimum Gasteiger partial charge on any atom is -0.507 e. The Morgan fingerprint density at radius 3 is 2.40 bits per heavy atom. The van der Waals surface area contributed by atoms with Crippen molar-refractivity contribution >= 4 is 12.0 Å². The first-order chi connectivity index (χ1) is 14.4. The van der Waals surface area contributed by atoms with Crippen molar-refractivity contribution in [1.82, 2.24) is 9.80 Å². The molecule has 0 bridgehead atoms. The number of hydrogen-bond acceptors (Lipinski definition) is 7. The summed E-state index contributed by atoms with van der Waals surface area (Å²) >= 11 is 0. The molecule has 2 N–H and O–H groups in total. The number of ether oxygens (including phenoxy) is 3. The SMILES string of the molecule is CC1(C)Oc2ccc(/C=C/C(=O)N3CCOCC3)c(O)c2[C@H](N2CCOCC2)[C@@H]1O. The van der Waals surface area contributed by atoms with Crippen LogP contribution in [0.15, 0.2) is 18.2 Å². The lowest BCUT2D eigenvalue weighted by Gasteiger charge is -2.47. The summed E-state index contributed by atoms with van der Waals surface area (Å²) < 4.78 is 16.8. The number of fused-ring (bicyclic) bond motifs is 1. The predicted molar refractivity (Wildman–Crippen MR) is 110 cm³/mol. The molecule has 3 heterocycles. The van der Waals surface area contributed by atoms with Crippen molar-refractivity contribution in [2.75, 3.05) is 52.6 Å². The van der Waals surface area contributed by atoms with E-state index < -0.39 is 17.7 Å². The summed E-state index contributed by atoms with van der Waals surface area (Å²) in [7, 11) is 0. The molecule has 164 valence electrons. The molecule has 1 aromatic rings. The summed E-state index contributed by atoms with van der Waals surface area (Å²) in [5.74, 6) is 0.470. The molecule has 2 fully saturated rings. The standard InChI is InChI=1S/C22H30N2O6/c1-22(2)21(27)19(24-9-13-29-14-10-24)18-16(30-22)5-3-15(20(18)26)4-6-17(25)23-7-11-28-12-8-23/h3-6,19,21,26-27H,7-14H2,1-2H3/b6-4+/t19-,21-/m0/s1. The van der Waals surface area contributed by atoms with E-state index in [1.807, 2.05) is 13.8 Å². The van der Waals surface area contributed by atoms with Gasteiger partial charge in [-0.1, -0.05) is 0 Å². The van der Waals surface area contributed by atoms with E-state index >= 15 is 0 Å². The fourth-order valence-corrected chi connectivity index (χ4v) is 4.29. The summed E-state index contributed by atoms with van der Waals surface area (Å²) in [4.78, 5) is 16.3. The van der Waals surface area contributed by atoms with Crippen LogP contribution in [0.1, 0.15) is 31.0 Å². The molecule has 0 radical (unpaired) electrons. The number of amides is 1. The number of phenols is 1. The normalized spacial score (nSPS) is 27.0. The molecule has 3 aliphatic rings. The third-order valence-corrected chi connectivity index (χ3v) is 6.06. The van der Waals surface area contributed by atoms with Gasteiger partial charge < -0.3 is 29.3 Å². The summed E-state index contributed by atoms with van der Waals surface area (Å²) in [6.07, 6.45) is 2.26. The fourth-order valence-electron chi connectivity index (χ4n) is 4.29. The molecule has 4 rings (SSSR count). The summed E-state index contributed by atoms with van der Waals surface area (Å²) in [5, 5.41) is 22.2. The second-order valence-electron chi connectivity index (χ2n) is 8.43. The van der Waals surface area contributed by atoms with Crippen LogP contribution in [0.5, 0.6) is 11.5 Å². The van der Waals surface area contributed by atoms with Gasteiger partial charge >= 0.3 is 0 Å². The Hall–Kier alpha value is -2.13. The molecule has 30 heavy (non-hydrogen) atoms. The smallest absolute Gasteiger partial charge is 0.246 e. The van der Waals surface area contributed by atoms with Gasteiger partial charge in [0.05, 0.1) is 38.0 Å². The Balaban J connectivity index is 1.65. The van der Waals surface area contributed by atoms with Crippen LogP contribution >= 0.6 is 0 Å². The number of rotatable bonds is 3. The summed E-state index contributed by atoms with van der Waals surface area (Å²) in [5.41, 5.74) is 0.278. The molecule has 1 aromatic carbocycles. The molecule has 0 aromatic heterocycles. The van der Waals surface area contributed by atoms with Crippen molar-refractivity contribution in [2.45, 2.75) is 31.6 Å². The molecule has 0 aliphatic carbocycles. The van der Waals surface area contributed by atoms with Crippen LogP contribution in [0.2, 0.25) is 0 Å². The van der Waals surface area contributed by atoms with Gasteiger partial charge in [-0.05, 0) is 32.1 Å². The van der Waals surface area contributed by atoms with Gasteiger partial charge in [0.25, 0.3) is 0 Å². The van der Waals surface area contributed by atoms with Gasteiger partial charge in [-0.3, -0.25) is 9.69 Å². The number of aliphatic hydroxyl groups excluding tert-OH is 1. The Morgan fingerprint density at radius 1 is 1.10 bits per heavy atom. The van der Waals surface area contributed by atoms with Gasteiger partial charge in [0.2, 0.25) is 5.91 Å². The first kappa shape index (κ1) is 21.1. The minimum absolute atomic E-state index is 0.0320. The van der Waals surface area contributed by atoms with Crippen LogP contribution in [-0.2, 0) is 14.3 Å². The maximum atomic E-state index is 12.4. The lowest BCUT2D eigenvalue weighted by Crippen LogP contribution is -2.55. The average Bonchev–Trinajstić information content (AvgIpc) is 2.75. The van der Waals surface area contributed by atoms with Crippen molar-refractivity contribution in [3.63, 3.8) is 0 Å². The molecule has 2 atom stereocenters. The first-order valence-electron chi connectivity index (χ1n) is 10.5. The zero-order chi connectivity index (χ0) is 21.3. The zero-order valence-electron chi connectivity index (χ0n) is 17.5. The maximum Gasteiger partial charge on any atom is 0.246 e. The van der Waals surface area contributed by atoms with Crippen molar-refractivity contribution in [3.8, 4) is 11.5 Å². The topological polar surface area (TPSA) is 91.7 Å². The minimum atomic E-state index is -0.830. The zero-order valence-corrected chi connectivity index (χ0v) is 17.5. The number of phenolic OH excluding ortho intramolecular Hbond substituents is 1. The number of benzene rings is 1. The highest BCUT2D eigenvalue weighted by Gasteiger charge is 2.47. The molecule has 8 nitrogen and oxygen atoms in total. The van der Waals surface area contributed by atoms with E-state index in [0.717, 1.165) is 0 Å². The van der Waals surface area contributed by atoms with Crippen LogP contribution in [0.3, 0.4) is 0 Å². The van der Waals surface area contributed by atoms with Gasteiger partial charge in [-0.2, -0.15) is 0 Å². The Morgan fingerprint density at radius 2 is 1.73 bits per heavy atom. The quantitative estimate of drug-likeness (QED) is 0.712. The first-order valence-corrected chi connectivity index (χ1v) is 10.5. The number of aromatic hydroxyl groups is 1. The van der Waals surface area contributed by atoms with Gasteiger partial charge in [-0.15, -0.1) is 0 Å². The number of nitrogens with zero attached hydrogens (tertiary/aromatic N) is 2. The maximum absolute atomic E-state index is 12.4. The van der Waals surface area contributed by atoms with Gasteiger partial charge in [0, 0.05) is 37.8 Å². The Bertz CT molecular complexity index is 812.